The summed E-state index contributed by atoms with van der Waals surface area (Å²) >= 11 is 12.4. The minimum Gasteiger partial charge on any atom is -0.495 e. The largest absolute Gasteiger partial charge is 0.495 e. The highest BCUT2D eigenvalue weighted by Crippen LogP contribution is 2.37. The van der Waals surface area contributed by atoms with Gasteiger partial charge in [0.1, 0.15) is 11.4 Å². The molecule has 1 N–H and O–H groups in total. The number of aryl methyl sites for hydroxylation is 1. The fraction of sp³-hybridized carbons (Fsp3) is 0.0833. The molecule has 0 unspecified atom stereocenters. The Labute approximate surface area is 189 Å². The summed E-state index contributed by atoms with van der Waals surface area (Å²) in [6, 6.07) is 19.2. The number of hydrogen-bond acceptors (Lipinski definition) is 4. The Bertz CT molecular complexity index is 1220. The molecule has 0 aromatic heterocycles. The molecule has 31 heavy (non-hydrogen) atoms. The highest BCUT2D eigenvalue weighted by atomic mass is 35.5. The van der Waals surface area contributed by atoms with Crippen LogP contribution in [0.4, 0.5) is 11.4 Å². The molecule has 4 rings (SSSR count). The number of methoxy groups -OCH3 is 1. The number of amides is 2. The molecule has 1 heterocycles. The van der Waals surface area contributed by atoms with Crippen LogP contribution < -0.4 is 15.0 Å². The number of halogens is 2. The van der Waals surface area contributed by atoms with Gasteiger partial charge in [-0.1, -0.05) is 59.6 Å². The number of rotatable bonds is 5. The predicted molar refractivity (Wildman–Crippen MR) is 124 cm³/mol. The van der Waals surface area contributed by atoms with Gasteiger partial charge in [-0.05, 0) is 48.4 Å². The normalized spacial score (nSPS) is 13.7. The molecule has 1 aliphatic rings. The third kappa shape index (κ3) is 3.90. The molecular formula is C24H18Cl2N2O3. The summed E-state index contributed by atoms with van der Waals surface area (Å²) in [4.78, 5) is 28.1. The summed E-state index contributed by atoms with van der Waals surface area (Å²) in [6.07, 6.45) is 0. The fourth-order valence-corrected chi connectivity index (χ4v) is 3.87. The summed E-state index contributed by atoms with van der Waals surface area (Å²) in [6.45, 7) is 1.82. The zero-order valence-electron chi connectivity index (χ0n) is 16.8. The lowest BCUT2D eigenvalue weighted by Gasteiger charge is -2.18. The number of carbonyl (C=O) groups excluding carboxylic acids is 2. The SMILES string of the molecule is COc1ccc(NC2=C(c3ccccc3)C(=O)N(c3cc(Cl)ccc3C)C2=O)cc1Cl. The topological polar surface area (TPSA) is 58.6 Å². The highest BCUT2D eigenvalue weighted by Gasteiger charge is 2.40. The number of nitrogens with zero attached hydrogens (tertiary/aromatic N) is 1. The first-order valence-corrected chi connectivity index (χ1v) is 10.2. The van der Waals surface area contributed by atoms with Crippen molar-refractivity contribution in [2.75, 3.05) is 17.3 Å². The summed E-state index contributed by atoms with van der Waals surface area (Å²) in [5.74, 6) is -0.390. The third-order valence-corrected chi connectivity index (χ3v) is 5.51. The van der Waals surface area contributed by atoms with Gasteiger partial charge in [-0.3, -0.25) is 9.59 Å². The minimum absolute atomic E-state index is 0.164. The maximum Gasteiger partial charge on any atom is 0.282 e. The molecule has 7 heteroatoms. The van der Waals surface area contributed by atoms with Crippen molar-refractivity contribution >= 4 is 52.0 Å². The number of ether oxygens (including phenoxy) is 1. The maximum absolute atomic E-state index is 13.5. The number of hydrogen-bond donors (Lipinski definition) is 1. The molecule has 3 aromatic carbocycles. The van der Waals surface area contributed by atoms with Crippen molar-refractivity contribution in [3.05, 3.63) is 93.6 Å². The molecule has 0 aliphatic carbocycles. The summed E-state index contributed by atoms with van der Waals surface area (Å²) in [7, 11) is 1.52. The minimum atomic E-state index is -0.471. The van der Waals surface area contributed by atoms with Crippen molar-refractivity contribution in [1.82, 2.24) is 0 Å². The van der Waals surface area contributed by atoms with Crippen molar-refractivity contribution in [2.45, 2.75) is 6.92 Å². The maximum atomic E-state index is 13.5. The Kier molecular flexibility index (Phi) is 5.72. The fourth-order valence-electron chi connectivity index (χ4n) is 3.45. The van der Waals surface area contributed by atoms with Gasteiger partial charge in [0.2, 0.25) is 0 Å². The first kappa shape index (κ1) is 21.0. The quantitative estimate of drug-likeness (QED) is 0.503. The number of carbonyl (C=O) groups is 2. The second-order valence-electron chi connectivity index (χ2n) is 6.97. The predicted octanol–water partition coefficient (Wildman–Crippen LogP) is 5.71. The molecule has 0 saturated heterocycles. The second-order valence-corrected chi connectivity index (χ2v) is 7.81. The summed E-state index contributed by atoms with van der Waals surface area (Å²) in [5.41, 5.74) is 2.83. The average molecular weight is 453 g/mol. The second kappa shape index (κ2) is 8.46. The first-order valence-electron chi connectivity index (χ1n) is 9.46. The number of imide groups is 1. The molecular weight excluding hydrogens is 435 g/mol. The first-order chi connectivity index (χ1) is 14.9. The van der Waals surface area contributed by atoms with Gasteiger partial charge >= 0.3 is 0 Å². The van der Waals surface area contributed by atoms with Crippen molar-refractivity contribution in [3.8, 4) is 5.75 Å². The summed E-state index contributed by atoms with van der Waals surface area (Å²) < 4.78 is 5.18. The molecule has 0 atom stereocenters. The van der Waals surface area contributed by atoms with Gasteiger partial charge in [0, 0.05) is 10.7 Å². The van der Waals surface area contributed by atoms with Crippen molar-refractivity contribution in [1.29, 1.82) is 0 Å². The van der Waals surface area contributed by atoms with Crippen LogP contribution in [0, 0.1) is 6.92 Å². The monoisotopic (exact) mass is 452 g/mol. The molecule has 0 radical (unpaired) electrons. The van der Waals surface area contributed by atoms with Gasteiger partial charge in [0.15, 0.2) is 0 Å². The molecule has 5 nitrogen and oxygen atoms in total. The number of anilines is 2. The van der Waals surface area contributed by atoms with Crippen molar-refractivity contribution in [3.63, 3.8) is 0 Å². The molecule has 156 valence electrons. The molecule has 0 bridgehead atoms. The van der Waals surface area contributed by atoms with E-state index in [1.165, 1.54) is 7.11 Å². The van der Waals surface area contributed by atoms with Gasteiger partial charge in [-0.2, -0.15) is 0 Å². The van der Waals surface area contributed by atoms with E-state index in [2.05, 4.69) is 5.32 Å². The zero-order valence-corrected chi connectivity index (χ0v) is 18.3. The lowest BCUT2D eigenvalue weighted by atomic mass is 10.0. The highest BCUT2D eigenvalue weighted by molar-refractivity contribution is 6.46. The van der Waals surface area contributed by atoms with Crippen LogP contribution in [0.15, 0.2) is 72.4 Å². The molecule has 0 spiro atoms. The van der Waals surface area contributed by atoms with E-state index in [0.29, 0.717) is 32.7 Å². The number of nitrogens with one attached hydrogen (secondary N) is 1. The van der Waals surface area contributed by atoms with Crippen LogP contribution in [0.1, 0.15) is 11.1 Å². The third-order valence-electron chi connectivity index (χ3n) is 4.98. The van der Waals surface area contributed by atoms with Gasteiger partial charge in [0.05, 0.1) is 23.4 Å². The van der Waals surface area contributed by atoms with E-state index in [0.717, 1.165) is 10.5 Å². The van der Waals surface area contributed by atoms with Gasteiger partial charge in [-0.15, -0.1) is 0 Å². The molecule has 3 aromatic rings. The van der Waals surface area contributed by atoms with Gasteiger partial charge < -0.3 is 10.1 Å². The van der Waals surface area contributed by atoms with Crippen molar-refractivity contribution < 1.29 is 14.3 Å². The lowest BCUT2D eigenvalue weighted by Crippen LogP contribution is -2.33. The van der Waals surface area contributed by atoms with Crippen LogP contribution in [0.25, 0.3) is 5.57 Å². The van der Waals surface area contributed by atoms with E-state index in [4.69, 9.17) is 27.9 Å². The smallest absolute Gasteiger partial charge is 0.282 e. The van der Waals surface area contributed by atoms with Crippen LogP contribution in [0.5, 0.6) is 5.75 Å². The molecule has 0 saturated carbocycles. The van der Waals surface area contributed by atoms with Gasteiger partial charge in [0.25, 0.3) is 11.8 Å². The number of benzene rings is 3. The van der Waals surface area contributed by atoms with E-state index in [1.54, 1.807) is 48.5 Å². The van der Waals surface area contributed by atoms with Crippen LogP contribution in [-0.2, 0) is 9.59 Å². The summed E-state index contributed by atoms with van der Waals surface area (Å²) in [5, 5.41) is 3.91. The van der Waals surface area contributed by atoms with Crippen LogP contribution >= 0.6 is 23.2 Å². The molecule has 2 amide bonds. The van der Waals surface area contributed by atoms with Crippen LogP contribution in [0.3, 0.4) is 0 Å². The Morgan fingerprint density at radius 3 is 2.32 bits per heavy atom. The Morgan fingerprint density at radius 1 is 0.903 bits per heavy atom. The van der Waals surface area contributed by atoms with Crippen molar-refractivity contribution in [2.24, 2.45) is 0 Å². The Hall–Kier alpha value is -3.28. The van der Waals surface area contributed by atoms with Gasteiger partial charge in [-0.25, -0.2) is 4.90 Å². The standard InChI is InChI=1S/C24H18Cl2N2O3/c1-14-8-9-16(25)12-19(14)28-23(29)21(15-6-4-3-5-7-15)22(24(28)30)27-17-10-11-20(31-2)18(26)13-17/h3-13,27H,1-2H3. The van der Waals surface area contributed by atoms with Crippen LogP contribution in [-0.4, -0.2) is 18.9 Å². The average Bonchev–Trinajstić information content (AvgIpc) is 3.00. The molecule has 0 fully saturated rings. The zero-order chi connectivity index (χ0) is 22.1. The molecule has 1 aliphatic heterocycles. The van der Waals surface area contributed by atoms with E-state index in [1.807, 2.05) is 25.1 Å². The Morgan fingerprint density at radius 2 is 1.65 bits per heavy atom. The lowest BCUT2D eigenvalue weighted by molar-refractivity contribution is -0.120. The van der Waals surface area contributed by atoms with E-state index < -0.39 is 11.8 Å². The van der Waals surface area contributed by atoms with E-state index in [9.17, 15) is 9.59 Å². The van der Waals surface area contributed by atoms with Crippen LogP contribution in [0.2, 0.25) is 10.0 Å². The van der Waals surface area contributed by atoms with E-state index in [-0.39, 0.29) is 11.3 Å². The Balaban J connectivity index is 1.83. The van der Waals surface area contributed by atoms with E-state index >= 15 is 0 Å².